The van der Waals surface area contributed by atoms with Gasteiger partial charge in [-0.05, 0) is 304 Å². The van der Waals surface area contributed by atoms with Crippen molar-refractivity contribution in [1.82, 2.24) is 0 Å². The largest absolute Gasteiger partial charge is 0.453 e. The van der Waals surface area contributed by atoms with E-state index >= 15 is 0 Å². The second kappa shape index (κ2) is 34.7. The van der Waals surface area contributed by atoms with Gasteiger partial charge < -0.3 is 38.5 Å². The number of anilines is 12. The summed E-state index contributed by atoms with van der Waals surface area (Å²) in [5, 5.41) is 18.9. The molecule has 0 unspecified atom stereocenters. The van der Waals surface area contributed by atoms with Crippen molar-refractivity contribution in [2.24, 2.45) is 0 Å². The summed E-state index contributed by atoms with van der Waals surface area (Å²) in [5.74, 6) is 7.39. The fourth-order valence-corrected chi connectivity index (χ4v) is 22.1. The van der Waals surface area contributed by atoms with Crippen molar-refractivity contribution in [2.45, 2.75) is 195 Å². The number of rotatable bonds is 4. The molecule has 4 aliphatic heterocycles. The molecule has 0 fully saturated rings. The van der Waals surface area contributed by atoms with E-state index in [4.69, 9.17) is 18.9 Å². The molecule has 0 saturated carbocycles. The summed E-state index contributed by atoms with van der Waals surface area (Å²) in [6.45, 7) is 56.1. The minimum Gasteiger partial charge on any atom is -0.453 e. The van der Waals surface area contributed by atoms with Gasteiger partial charge in [-0.25, -0.2) is 0 Å². The fraction of sp³-hybridized carbons (Fsp3) is 0.218. The zero-order chi connectivity index (χ0) is 98.8. The van der Waals surface area contributed by atoms with E-state index in [2.05, 4.69) is 502 Å². The number of nitrogens with zero attached hydrogens (tertiary/aromatic N) is 4. The lowest BCUT2D eigenvalue weighted by molar-refractivity contribution is 0.475. The van der Waals surface area contributed by atoms with Crippen LogP contribution in [0.1, 0.15) is 178 Å². The summed E-state index contributed by atoms with van der Waals surface area (Å²) in [6, 6.07) is 112. The van der Waals surface area contributed by atoms with Crippen LogP contribution in [0.2, 0.25) is 0 Å². The summed E-state index contributed by atoms with van der Waals surface area (Å²) < 4.78 is 27.3. The Balaban J connectivity index is 0.000000111. The Labute approximate surface area is 832 Å². The Bertz CT molecular complexity index is 8500. The number of fused-ring (bicyclic) bond motifs is 22. The Morgan fingerprint density at radius 1 is 0.177 bits per heavy atom. The van der Waals surface area contributed by atoms with Crippen molar-refractivity contribution >= 4 is 154 Å². The monoisotopic (exact) mass is 1840 g/mol. The van der Waals surface area contributed by atoms with Gasteiger partial charge in [-0.2, -0.15) is 0 Å². The van der Waals surface area contributed by atoms with E-state index in [1.165, 1.54) is 177 Å². The van der Waals surface area contributed by atoms with Crippen LogP contribution in [-0.4, -0.2) is 0 Å². The van der Waals surface area contributed by atoms with Crippen LogP contribution in [0.15, 0.2) is 309 Å². The standard InChI is InChI=1S/C34H33NO.3C33H31NO/c1-20-12-14-28-25(16-20)13-15-29-32(28)36-33-27-11-9-8-10-24(27)17-21(2)31(33)35(29)30-22(3)18-26(19-23(30)4)34(5,6)7;1-20-10-9-12-24-15-17-28-32(29(20)24)35-31-26-13-8-7-11-23(26)14-16-27(31)34(28)30-21(2)18-25(19-22(30)3)33(4,5)6;1-20-15-26(33(4,5)6)16-21(2)31(20)34-28-17-23-11-7-8-12-24(23)19-30(28)35-32-22(3)27-14-10-9-13-25(27)18-29(32)34;1-20-11-12-24-14-16-29-32(27(24)17-20)35-31-26-10-8-7-9-23(26)13-15-28(31)34(29)30-21(2)18-25(19-22(30)3)33(4,5)6/h8-19H,1-7H3;3*7-19H,1-6H3. The van der Waals surface area contributed by atoms with Gasteiger partial charge in [0.2, 0.25) is 0 Å². The lowest BCUT2D eigenvalue weighted by Gasteiger charge is -2.37. The second-order valence-corrected chi connectivity index (χ2v) is 44.0. The molecule has 0 saturated heterocycles. The average Bonchev–Trinajstić information content (AvgIpc) is 0.732. The van der Waals surface area contributed by atoms with Crippen LogP contribution >= 0.6 is 0 Å². The summed E-state index contributed by atoms with van der Waals surface area (Å²) in [4.78, 5) is 9.71. The predicted molar refractivity (Wildman–Crippen MR) is 601 cm³/mol. The molecule has 24 rings (SSSR count). The van der Waals surface area contributed by atoms with Crippen LogP contribution in [0.4, 0.5) is 68.2 Å². The minimum absolute atomic E-state index is 0.0923. The molecule has 20 aromatic rings. The highest BCUT2D eigenvalue weighted by Gasteiger charge is 2.39. The molecule has 8 nitrogen and oxygen atoms in total. The number of aryl methyl sites for hydroxylation is 13. The van der Waals surface area contributed by atoms with Crippen molar-refractivity contribution in [2.75, 3.05) is 19.6 Å². The third-order valence-electron chi connectivity index (χ3n) is 29.4. The first kappa shape index (κ1) is 92.2. The van der Waals surface area contributed by atoms with Crippen LogP contribution in [0, 0.1) is 90.0 Å². The Morgan fingerprint density at radius 2 is 0.482 bits per heavy atom. The maximum Gasteiger partial charge on any atom is 0.159 e. The molecule has 0 bridgehead atoms. The van der Waals surface area contributed by atoms with E-state index in [0.717, 1.165) is 118 Å². The molecule has 0 radical (unpaired) electrons. The van der Waals surface area contributed by atoms with Gasteiger partial charge in [0.25, 0.3) is 0 Å². The van der Waals surface area contributed by atoms with Gasteiger partial charge in [-0.1, -0.05) is 343 Å². The topological polar surface area (TPSA) is 49.9 Å². The summed E-state index contributed by atoms with van der Waals surface area (Å²) in [7, 11) is 0. The molecule has 8 heteroatoms. The quantitative estimate of drug-likeness (QED) is 0.173. The van der Waals surface area contributed by atoms with Gasteiger partial charge in [0.05, 0.1) is 68.2 Å². The Hall–Kier alpha value is -15.1. The third-order valence-corrected chi connectivity index (χ3v) is 29.4. The molecule has 4 aliphatic rings. The highest BCUT2D eigenvalue weighted by Crippen LogP contribution is 2.63. The molecule has 702 valence electrons. The van der Waals surface area contributed by atoms with Crippen molar-refractivity contribution in [3.8, 4) is 46.0 Å². The van der Waals surface area contributed by atoms with Crippen molar-refractivity contribution in [1.29, 1.82) is 0 Å². The first-order valence-corrected chi connectivity index (χ1v) is 49.9. The van der Waals surface area contributed by atoms with E-state index < -0.39 is 0 Å². The van der Waals surface area contributed by atoms with E-state index in [1.54, 1.807) is 0 Å². The van der Waals surface area contributed by atoms with Crippen molar-refractivity contribution in [3.05, 3.63) is 404 Å². The molecule has 141 heavy (non-hydrogen) atoms. The first-order chi connectivity index (χ1) is 67.3. The van der Waals surface area contributed by atoms with Gasteiger partial charge >= 0.3 is 0 Å². The molecule has 0 aliphatic carbocycles. The highest BCUT2D eigenvalue weighted by molar-refractivity contribution is 6.11. The summed E-state index contributed by atoms with van der Waals surface area (Å²) in [6.07, 6.45) is 0. The van der Waals surface area contributed by atoms with Gasteiger partial charge in [-0.3, -0.25) is 0 Å². The van der Waals surface area contributed by atoms with Gasteiger partial charge in [0.15, 0.2) is 46.0 Å². The fourth-order valence-electron chi connectivity index (χ4n) is 22.1. The van der Waals surface area contributed by atoms with E-state index in [0.29, 0.717) is 0 Å². The number of ether oxygens (including phenoxy) is 4. The predicted octanol–water partition coefficient (Wildman–Crippen LogP) is 39.5. The molecule has 4 heterocycles. The van der Waals surface area contributed by atoms with Crippen LogP contribution in [-0.2, 0) is 21.7 Å². The normalized spacial score (nSPS) is 13.0. The second-order valence-electron chi connectivity index (χ2n) is 44.0. The molecule has 0 N–H and O–H groups in total. The Kier molecular flexibility index (Phi) is 22.7. The van der Waals surface area contributed by atoms with Crippen LogP contribution in [0.25, 0.3) is 86.2 Å². The van der Waals surface area contributed by atoms with Crippen LogP contribution in [0.3, 0.4) is 0 Å². The third kappa shape index (κ3) is 16.2. The van der Waals surface area contributed by atoms with Gasteiger partial charge in [0, 0.05) is 37.9 Å². The molecule has 0 spiro atoms. The molecule has 20 aromatic carbocycles. The average molecular weight is 1840 g/mol. The van der Waals surface area contributed by atoms with E-state index in [9.17, 15) is 0 Å². The zero-order valence-electron chi connectivity index (χ0n) is 86.4. The van der Waals surface area contributed by atoms with Crippen molar-refractivity contribution < 1.29 is 18.9 Å². The number of hydrogen-bond donors (Lipinski definition) is 0. The minimum atomic E-state index is 0.0923. The summed E-state index contributed by atoms with van der Waals surface area (Å²) in [5.41, 5.74) is 35.7. The molecule has 0 aromatic heterocycles. The summed E-state index contributed by atoms with van der Waals surface area (Å²) >= 11 is 0. The molecular weight excluding hydrogens is 1720 g/mol. The number of hydrogen-bond acceptors (Lipinski definition) is 8. The maximum absolute atomic E-state index is 6.89. The zero-order valence-corrected chi connectivity index (χ0v) is 86.4. The van der Waals surface area contributed by atoms with Crippen LogP contribution in [0.5, 0.6) is 46.0 Å². The van der Waals surface area contributed by atoms with Crippen LogP contribution < -0.4 is 38.5 Å². The highest BCUT2D eigenvalue weighted by atomic mass is 16.5. The van der Waals surface area contributed by atoms with Crippen molar-refractivity contribution in [3.63, 3.8) is 0 Å². The molecule has 0 atom stereocenters. The lowest BCUT2D eigenvalue weighted by atomic mass is 9.84. The molecular formula is C133H126N4O4. The van der Waals surface area contributed by atoms with E-state index in [-0.39, 0.29) is 21.7 Å². The smallest absolute Gasteiger partial charge is 0.159 e. The molecule has 0 amide bonds. The first-order valence-electron chi connectivity index (χ1n) is 49.9. The van der Waals surface area contributed by atoms with Gasteiger partial charge in [0.1, 0.15) is 0 Å². The maximum atomic E-state index is 6.89. The lowest BCUT2D eigenvalue weighted by Crippen LogP contribution is -2.20. The Morgan fingerprint density at radius 3 is 0.957 bits per heavy atom. The van der Waals surface area contributed by atoms with Gasteiger partial charge in [-0.15, -0.1) is 0 Å². The SMILES string of the molecule is Cc1cc(C(C)(C)C)cc(C)c1N1c2cc3ccccc3cc2Oc2c1cc1ccccc1c2C.Cc1cc(C(C)(C)C)cc(C)c1N1c2ccc3ccccc3c2Oc2c1ccc1cccc(C)c21.Cc1ccc2c3c(ccc2c1)N(c1c(C)cc(C(C)(C)C)cc1C)c1c(C)cc2ccccc2c1O3.Cc1ccc2ccc3c(c2c1)Oc1c(ccc2ccccc12)N3c1c(C)cc(C(C)(C)C)cc1C. The number of benzene rings is 20. The van der Waals surface area contributed by atoms with E-state index in [1.807, 2.05) is 0 Å².